The Labute approximate surface area is 114 Å². The maximum atomic E-state index is 8.80. The summed E-state index contributed by atoms with van der Waals surface area (Å²) in [5, 5.41) is 12.4. The van der Waals surface area contributed by atoms with Crippen molar-refractivity contribution in [3.63, 3.8) is 0 Å². The largest absolute Gasteiger partial charge is 0.382 e. The highest BCUT2D eigenvalue weighted by Crippen LogP contribution is 2.58. The SMILES string of the molecule is CCOC1CC(Nc2ccc(C#N)cc2)C12CCC2. The summed E-state index contributed by atoms with van der Waals surface area (Å²) in [6.07, 6.45) is 5.45. The smallest absolute Gasteiger partial charge is 0.0991 e. The third-order valence-corrected chi connectivity index (χ3v) is 4.79. The van der Waals surface area contributed by atoms with Crippen LogP contribution in [0.5, 0.6) is 0 Å². The zero-order valence-electron chi connectivity index (χ0n) is 11.4. The van der Waals surface area contributed by atoms with Crippen molar-refractivity contribution in [1.82, 2.24) is 0 Å². The molecule has 2 fully saturated rings. The first-order valence-corrected chi connectivity index (χ1v) is 7.17. The van der Waals surface area contributed by atoms with Crippen molar-refractivity contribution in [1.29, 1.82) is 5.26 Å². The van der Waals surface area contributed by atoms with Crippen LogP contribution in [0, 0.1) is 16.7 Å². The summed E-state index contributed by atoms with van der Waals surface area (Å²) in [7, 11) is 0. The number of nitrogens with zero attached hydrogens (tertiary/aromatic N) is 1. The van der Waals surface area contributed by atoms with Gasteiger partial charge in [-0.3, -0.25) is 0 Å². The molecule has 2 saturated carbocycles. The minimum absolute atomic E-state index is 0.379. The average molecular weight is 256 g/mol. The molecule has 0 radical (unpaired) electrons. The van der Waals surface area contributed by atoms with E-state index in [0.29, 0.717) is 23.1 Å². The van der Waals surface area contributed by atoms with E-state index in [2.05, 4.69) is 18.3 Å². The summed E-state index contributed by atoms with van der Waals surface area (Å²) in [4.78, 5) is 0. The fourth-order valence-corrected chi connectivity index (χ4v) is 3.48. The molecule has 1 spiro atoms. The monoisotopic (exact) mass is 256 g/mol. The lowest BCUT2D eigenvalue weighted by atomic mass is 9.51. The van der Waals surface area contributed by atoms with Crippen molar-refractivity contribution in [2.75, 3.05) is 11.9 Å². The highest BCUT2D eigenvalue weighted by molar-refractivity contribution is 5.49. The Morgan fingerprint density at radius 1 is 1.37 bits per heavy atom. The molecule has 0 bridgehead atoms. The standard InChI is InChI=1S/C16H20N2O/c1-2-19-15-10-14(16(15)8-3-9-16)18-13-6-4-12(11-17)5-7-13/h4-7,14-15,18H,2-3,8-10H2,1H3. The number of nitriles is 1. The number of hydrogen-bond donors (Lipinski definition) is 1. The topological polar surface area (TPSA) is 45.0 Å². The van der Waals surface area contributed by atoms with Crippen LogP contribution in [0.1, 0.15) is 38.2 Å². The first-order valence-electron chi connectivity index (χ1n) is 7.17. The highest BCUT2D eigenvalue weighted by Gasteiger charge is 2.58. The fourth-order valence-electron chi connectivity index (χ4n) is 3.48. The van der Waals surface area contributed by atoms with E-state index >= 15 is 0 Å². The molecule has 2 aliphatic carbocycles. The molecule has 3 heteroatoms. The maximum absolute atomic E-state index is 8.80. The Balaban J connectivity index is 1.66. The highest BCUT2D eigenvalue weighted by atomic mass is 16.5. The molecular weight excluding hydrogens is 236 g/mol. The average Bonchev–Trinajstić information content (AvgIpc) is 2.36. The van der Waals surface area contributed by atoms with E-state index in [1.807, 2.05) is 24.3 Å². The van der Waals surface area contributed by atoms with Crippen molar-refractivity contribution in [3.05, 3.63) is 29.8 Å². The Hall–Kier alpha value is -1.53. The molecule has 0 aromatic heterocycles. The molecule has 3 nitrogen and oxygen atoms in total. The Morgan fingerprint density at radius 2 is 2.11 bits per heavy atom. The third-order valence-electron chi connectivity index (χ3n) is 4.79. The third kappa shape index (κ3) is 2.01. The van der Waals surface area contributed by atoms with Crippen LogP contribution in [0.2, 0.25) is 0 Å². The molecule has 1 N–H and O–H groups in total. The van der Waals surface area contributed by atoms with Gasteiger partial charge in [-0.05, 0) is 50.5 Å². The van der Waals surface area contributed by atoms with Gasteiger partial charge in [0, 0.05) is 23.8 Å². The van der Waals surface area contributed by atoms with Crippen LogP contribution >= 0.6 is 0 Å². The van der Waals surface area contributed by atoms with Gasteiger partial charge in [0.05, 0.1) is 17.7 Å². The number of benzene rings is 1. The van der Waals surface area contributed by atoms with E-state index in [9.17, 15) is 0 Å². The number of hydrogen-bond acceptors (Lipinski definition) is 3. The van der Waals surface area contributed by atoms with E-state index in [0.717, 1.165) is 18.7 Å². The quantitative estimate of drug-likeness (QED) is 0.898. The number of ether oxygens (including phenoxy) is 1. The predicted molar refractivity (Wildman–Crippen MR) is 74.9 cm³/mol. The van der Waals surface area contributed by atoms with Crippen LogP contribution in [0.25, 0.3) is 0 Å². The zero-order valence-corrected chi connectivity index (χ0v) is 11.4. The van der Waals surface area contributed by atoms with Gasteiger partial charge in [0.15, 0.2) is 0 Å². The van der Waals surface area contributed by atoms with Gasteiger partial charge >= 0.3 is 0 Å². The number of rotatable bonds is 4. The molecule has 100 valence electrons. The Bertz CT molecular complexity index is 484. The molecule has 2 aliphatic rings. The predicted octanol–water partition coefficient (Wildman–Crippen LogP) is 3.32. The summed E-state index contributed by atoms with van der Waals surface area (Å²) in [6.45, 7) is 2.89. The first kappa shape index (κ1) is 12.5. The van der Waals surface area contributed by atoms with Crippen LogP contribution < -0.4 is 5.32 Å². The minimum atomic E-state index is 0.379. The van der Waals surface area contributed by atoms with Crippen molar-refractivity contribution in [3.8, 4) is 6.07 Å². The van der Waals surface area contributed by atoms with E-state index in [1.54, 1.807) is 0 Å². The van der Waals surface area contributed by atoms with Crippen molar-refractivity contribution in [2.24, 2.45) is 5.41 Å². The molecule has 1 aromatic carbocycles. The number of anilines is 1. The Kier molecular flexibility index (Phi) is 3.20. The van der Waals surface area contributed by atoms with Gasteiger partial charge < -0.3 is 10.1 Å². The second kappa shape index (κ2) is 4.86. The molecule has 1 aromatic rings. The molecule has 0 heterocycles. The van der Waals surface area contributed by atoms with Crippen LogP contribution in [-0.2, 0) is 4.74 Å². The van der Waals surface area contributed by atoms with Gasteiger partial charge in [0.2, 0.25) is 0 Å². The molecule has 0 aliphatic heterocycles. The van der Waals surface area contributed by atoms with Gasteiger partial charge in [-0.1, -0.05) is 6.42 Å². The van der Waals surface area contributed by atoms with Gasteiger partial charge in [-0.15, -0.1) is 0 Å². The van der Waals surface area contributed by atoms with E-state index in [-0.39, 0.29) is 0 Å². The van der Waals surface area contributed by atoms with Gasteiger partial charge in [-0.2, -0.15) is 5.26 Å². The van der Waals surface area contributed by atoms with Gasteiger partial charge in [0.1, 0.15) is 0 Å². The number of nitrogens with one attached hydrogen (secondary N) is 1. The summed E-state index contributed by atoms with van der Waals surface area (Å²) in [5.41, 5.74) is 2.21. The van der Waals surface area contributed by atoms with Crippen LogP contribution in [0.4, 0.5) is 5.69 Å². The van der Waals surface area contributed by atoms with E-state index in [4.69, 9.17) is 10.00 Å². The molecule has 3 rings (SSSR count). The zero-order chi connectivity index (χ0) is 13.3. The van der Waals surface area contributed by atoms with Gasteiger partial charge in [0.25, 0.3) is 0 Å². The first-order chi connectivity index (χ1) is 9.28. The Morgan fingerprint density at radius 3 is 2.63 bits per heavy atom. The summed E-state index contributed by atoms with van der Waals surface area (Å²) >= 11 is 0. The second-order valence-corrected chi connectivity index (χ2v) is 5.65. The second-order valence-electron chi connectivity index (χ2n) is 5.65. The van der Waals surface area contributed by atoms with Crippen LogP contribution in [-0.4, -0.2) is 18.8 Å². The summed E-state index contributed by atoms with van der Waals surface area (Å²) in [6, 6.07) is 10.4. The molecule has 19 heavy (non-hydrogen) atoms. The molecular formula is C16H20N2O. The summed E-state index contributed by atoms with van der Waals surface area (Å²) < 4.78 is 5.86. The van der Waals surface area contributed by atoms with E-state index < -0.39 is 0 Å². The van der Waals surface area contributed by atoms with Crippen LogP contribution in [0.3, 0.4) is 0 Å². The molecule has 2 atom stereocenters. The fraction of sp³-hybridized carbons (Fsp3) is 0.562. The van der Waals surface area contributed by atoms with E-state index in [1.165, 1.54) is 19.3 Å². The maximum Gasteiger partial charge on any atom is 0.0991 e. The molecule has 2 unspecified atom stereocenters. The lowest BCUT2D eigenvalue weighted by molar-refractivity contribution is -0.157. The lowest BCUT2D eigenvalue weighted by Gasteiger charge is -2.61. The minimum Gasteiger partial charge on any atom is -0.382 e. The molecule has 0 amide bonds. The van der Waals surface area contributed by atoms with Crippen molar-refractivity contribution >= 4 is 5.69 Å². The summed E-state index contributed by atoms with van der Waals surface area (Å²) in [5.74, 6) is 0. The normalized spacial score (nSPS) is 27.2. The van der Waals surface area contributed by atoms with Crippen molar-refractivity contribution < 1.29 is 4.74 Å². The lowest BCUT2D eigenvalue weighted by Crippen LogP contribution is -2.64. The van der Waals surface area contributed by atoms with Gasteiger partial charge in [-0.25, -0.2) is 0 Å². The van der Waals surface area contributed by atoms with Crippen molar-refractivity contribution in [2.45, 2.75) is 44.8 Å². The molecule has 0 saturated heterocycles. The van der Waals surface area contributed by atoms with Crippen LogP contribution in [0.15, 0.2) is 24.3 Å².